The molecule has 0 aliphatic rings. The minimum atomic E-state index is -0.606. The minimum Gasteiger partial charge on any atom is -0.455 e. The van der Waals surface area contributed by atoms with Gasteiger partial charge in [0.05, 0.1) is 11.6 Å². The number of nitriles is 1. The first-order chi connectivity index (χ1) is 13.2. The van der Waals surface area contributed by atoms with E-state index in [0.29, 0.717) is 11.3 Å². The van der Waals surface area contributed by atoms with Crippen molar-refractivity contribution in [2.24, 2.45) is 0 Å². The zero-order chi connectivity index (χ0) is 19.1. The lowest BCUT2D eigenvalue weighted by Gasteiger charge is -2.14. The molecule has 2 N–H and O–H groups in total. The van der Waals surface area contributed by atoms with E-state index >= 15 is 0 Å². The maximum absolute atomic E-state index is 14.2. The van der Waals surface area contributed by atoms with E-state index in [1.165, 1.54) is 12.1 Å². The van der Waals surface area contributed by atoms with E-state index < -0.39 is 11.8 Å². The molecule has 0 fully saturated rings. The molecule has 3 rings (SSSR count). The molecule has 3 aromatic rings. The van der Waals surface area contributed by atoms with Crippen LogP contribution in [0.4, 0.5) is 14.9 Å². The van der Waals surface area contributed by atoms with Crippen molar-refractivity contribution in [3.05, 3.63) is 89.7 Å². The van der Waals surface area contributed by atoms with Crippen LogP contribution in [-0.2, 0) is 6.54 Å². The van der Waals surface area contributed by atoms with Gasteiger partial charge in [-0.1, -0.05) is 36.4 Å². The first-order valence-electron chi connectivity index (χ1n) is 8.21. The molecule has 0 aromatic heterocycles. The van der Waals surface area contributed by atoms with Crippen LogP contribution in [0.5, 0.6) is 11.5 Å². The average Bonchev–Trinajstić information content (AvgIpc) is 2.70. The molecular weight excluding hydrogens is 345 g/mol. The van der Waals surface area contributed by atoms with Crippen LogP contribution in [-0.4, -0.2) is 6.03 Å². The van der Waals surface area contributed by atoms with Crippen LogP contribution in [0.2, 0.25) is 0 Å². The SMILES string of the molecule is N#Cc1cccc(CNC(=O)Nc2c(F)cccc2Oc2ccccc2)c1. The third-order valence-corrected chi connectivity index (χ3v) is 3.69. The third-order valence-electron chi connectivity index (χ3n) is 3.69. The molecule has 0 radical (unpaired) electrons. The Kier molecular flexibility index (Phi) is 5.65. The van der Waals surface area contributed by atoms with Crippen molar-refractivity contribution in [1.82, 2.24) is 5.32 Å². The summed E-state index contributed by atoms with van der Waals surface area (Å²) in [5.41, 5.74) is 1.21. The number of nitrogens with zero attached hydrogens (tertiary/aromatic N) is 1. The van der Waals surface area contributed by atoms with Gasteiger partial charge in [-0.15, -0.1) is 0 Å². The zero-order valence-electron chi connectivity index (χ0n) is 14.3. The van der Waals surface area contributed by atoms with Gasteiger partial charge in [-0.05, 0) is 42.0 Å². The number of hydrogen-bond donors (Lipinski definition) is 2. The molecule has 2 amide bonds. The van der Waals surface area contributed by atoms with E-state index in [9.17, 15) is 9.18 Å². The highest BCUT2D eigenvalue weighted by atomic mass is 19.1. The first kappa shape index (κ1) is 18.0. The summed E-state index contributed by atoms with van der Waals surface area (Å²) in [7, 11) is 0. The highest BCUT2D eigenvalue weighted by Crippen LogP contribution is 2.31. The van der Waals surface area contributed by atoms with E-state index in [4.69, 9.17) is 10.00 Å². The van der Waals surface area contributed by atoms with Gasteiger partial charge in [0.1, 0.15) is 11.4 Å². The molecule has 0 saturated heterocycles. The topological polar surface area (TPSA) is 74.2 Å². The molecule has 27 heavy (non-hydrogen) atoms. The van der Waals surface area contributed by atoms with E-state index in [-0.39, 0.29) is 18.0 Å². The van der Waals surface area contributed by atoms with Gasteiger partial charge in [-0.2, -0.15) is 5.26 Å². The normalized spacial score (nSPS) is 9.93. The number of rotatable bonds is 5. The van der Waals surface area contributed by atoms with Crippen LogP contribution in [0.1, 0.15) is 11.1 Å². The maximum Gasteiger partial charge on any atom is 0.319 e. The number of amides is 2. The Hall–Kier alpha value is -3.85. The summed E-state index contributed by atoms with van der Waals surface area (Å²) in [4.78, 5) is 12.2. The second-order valence-corrected chi connectivity index (χ2v) is 5.65. The Morgan fingerprint density at radius 3 is 2.59 bits per heavy atom. The number of carbonyl (C=O) groups is 1. The summed E-state index contributed by atoms with van der Waals surface area (Å²) < 4.78 is 19.9. The Balaban J connectivity index is 1.69. The summed E-state index contributed by atoms with van der Waals surface area (Å²) >= 11 is 0. The minimum absolute atomic E-state index is 0.0513. The molecule has 0 unspecified atom stereocenters. The number of urea groups is 1. The van der Waals surface area contributed by atoms with Gasteiger partial charge in [0.2, 0.25) is 0 Å². The van der Waals surface area contributed by atoms with Gasteiger partial charge in [-0.3, -0.25) is 0 Å². The molecule has 0 aliphatic carbocycles. The molecule has 0 saturated carbocycles. The molecule has 5 nitrogen and oxygen atoms in total. The second-order valence-electron chi connectivity index (χ2n) is 5.65. The van der Waals surface area contributed by atoms with E-state index in [1.807, 2.05) is 12.1 Å². The second kappa shape index (κ2) is 8.50. The molecular formula is C21H16FN3O2. The van der Waals surface area contributed by atoms with Gasteiger partial charge in [0.15, 0.2) is 11.6 Å². The van der Waals surface area contributed by atoms with Crippen molar-refractivity contribution in [2.75, 3.05) is 5.32 Å². The van der Waals surface area contributed by atoms with Crippen molar-refractivity contribution in [3.63, 3.8) is 0 Å². The van der Waals surface area contributed by atoms with Gasteiger partial charge in [0.25, 0.3) is 0 Å². The van der Waals surface area contributed by atoms with E-state index in [1.54, 1.807) is 54.6 Å². The fourth-order valence-corrected chi connectivity index (χ4v) is 2.42. The quantitative estimate of drug-likeness (QED) is 0.685. The summed E-state index contributed by atoms with van der Waals surface area (Å²) in [6, 6.07) is 21.5. The Morgan fingerprint density at radius 1 is 1.04 bits per heavy atom. The molecule has 0 spiro atoms. The lowest BCUT2D eigenvalue weighted by Crippen LogP contribution is -2.28. The molecule has 3 aromatic carbocycles. The fourth-order valence-electron chi connectivity index (χ4n) is 2.42. The largest absolute Gasteiger partial charge is 0.455 e. The molecule has 0 bridgehead atoms. The van der Waals surface area contributed by atoms with Crippen LogP contribution in [0.25, 0.3) is 0 Å². The van der Waals surface area contributed by atoms with Crippen molar-refractivity contribution in [1.29, 1.82) is 5.26 Å². The number of halogens is 1. The number of nitrogens with one attached hydrogen (secondary N) is 2. The lowest BCUT2D eigenvalue weighted by atomic mass is 10.1. The molecule has 6 heteroatoms. The zero-order valence-corrected chi connectivity index (χ0v) is 14.3. The Labute approximate surface area is 156 Å². The van der Waals surface area contributed by atoms with E-state index in [0.717, 1.165) is 5.56 Å². The standard InChI is InChI=1S/C21H16FN3O2/c22-18-10-5-11-19(27-17-8-2-1-3-9-17)20(18)25-21(26)24-14-16-7-4-6-15(12-16)13-23/h1-12H,14H2,(H2,24,25,26). The number of carbonyl (C=O) groups excluding carboxylic acids is 1. The van der Waals surface area contributed by atoms with Crippen LogP contribution in [0.3, 0.4) is 0 Å². The average molecular weight is 361 g/mol. The Morgan fingerprint density at radius 2 is 1.81 bits per heavy atom. The number of hydrogen-bond acceptors (Lipinski definition) is 3. The summed E-state index contributed by atoms with van der Waals surface area (Å²) in [6.07, 6.45) is 0. The summed E-state index contributed by atoms with van der Waals surface area (Å²) in [5, 5.41) is 14.0. The van der Waals surface area contributed by atoms with Gasteiger partial charge in [0, 0.05) is 6.54 Å². The van der Waals surface area contributed by atoms with Crippen molar-refractivity contribution >= 4 is 11.7 Å². The molecule has 0 aliphatic heterocycles. The first-order valence-corrected chi connectivity index (χ1v) is 8.21. The van der Waals surface area contributed by atoms with Crippen LogP contribution < -0.4 is 15.4 Å². The van der Waals surface area contributed by atoms with Crippen molar-refractivity contribution < 1.29 is 13.9 Å². The predicted molar refractivity (Wildman–Crippen MR) is 99.9 cm³/mol. The monoisotopic (exact) mass is 361 g/mol. The predicted octanol–water partition coefficient (Wildman–Crippen LogP) is 4.81. The van der Waals surface area contributed by atoms with Crippen LogP contribution in [0.15, 0.2) is 72.8 Å². The van der Waals surface area contributed by atoms with Gasteiger partial charge < -0.3 is 15.4 Å². The van der Waals surface area contributed by atoms with Gasteiger partial charge >= 0.3 is 6.03 Å². The number of ether oxygens (including phenoxy) is 1. The number of anilines is 1. The highest BCUT2D eigenvalue weighted by molar-refractivity contribution is 5.91. The van der Waals surface area contributed by atoms with Crippen molar-refractivity contribution in [3.8, 4) is 17.6 Å². The summed E-state index contributed by atoms with van der Waals surface area (Å²) in [6.45, 7) is 0.199. The fraction of sp³-hybridized carbons (Fsp3) is 0.0476. The molecule has 134 valence electrons. The van der Waals surface area contributed by atoms with E-state index in [2.05, 4.69) is 10.6 Å². The Bertz CT molecular complexity index is 984. The number of benzene rings is 3. The van der Waals surface area contributed by atoms with Crippen molar-refractivity contribution in [2.45, 2.75) is 6.54 Å². The van der Waals surface area contributed by atoms with Crippen LogP contribution in [0, 0.1) is 17.1 Å². The third kappa shape index (κ3) is 4.83. The molecule has 0 heterocycles. The highest BCUT2D eigenvalue weighted by Gasteiger charge is 2.13. The summed E-state index contributed by atoms with van der Waals surface area (Å²) in [5.74, 6) is 0.118. The lowest BCUT2D eigenvalue weighted by molar-refractivity contribution is 0.251. The van der Waals surface area contributed by atoms with Crippen LogP contribution >= 0.6 is 0 Å². The smallest absolute Gasteiger partial charge is 0.319 e. The molecule has 0 atom stereocenters. The van der Waals surface area contributed by atoms with Gasteiger partial charge in [-0.25, -0.2) is 9.18 Å². The maximum atomic E-state index is 14.2. The number of para-hydroxylation sites is 2.